The Labute approximate surface area is 155 Å². The Morgan fingerprint density at radius 2 is 2.19 bits per heavy atom. The van der Waals surface area contributed by atoms with Gasteiger partial charge in [-0.2, -0.15) is 0 Å². The Bertz CT molecular complexity index is 922. The van der Waals surface area contributed by atoms with Crippen molar-refractivity contribution in [2.75, 3.05) is 13.1 Å². The SMILES string of the molecule is CC1CCCN(C(=O)c2nc(-c3cccs3)n(-c3cccc(F)c3)n2)C1. The summed E-state index contributed by atoms with van der Waals surface area (Å²) < 4.78 is 15.2. The smallest absolute Gasteiger partial charge is 0.293 e. The zero-order valence-electron chi connectivity index (χ0n) is 14.4. The molecule has 1 atom stereocenters. The lowest BCUT2D eigenvalue weighted by molar-refractivity contribution is 0.0670. The molecule has 1 unspecified atom stereocenters. The molecule has 1 aliphatic rings. The molecule has 3 heterocycles. The van der Waals surface area contributed by atoms with Gasteiger partial charge >= 0.3 is 0 Å². The summed E-state index contributed by atoms with van der Waals surface area (Å²) in [6.45, 7) is 3.60. The number of piperidine rings is 1. The van der Waals surface area contributed by atoms with Crippen LogP contribution in [0, 0.1) is 11.7 Å². The van der Waals surface area contributed by atoms with Crippen LogP contribution in [0.4, 0.5) is 4.39 Å². The number of halogens is 1. The van der Waals surface area contributed by atoms with Gasteiger partial charge in [0.1, 0.15) is 5.82 Å². The molecule has 1 amide bonds. The number of hydrogen-bond acceptors (Lipinski definition) is 4. The van der Waals surface area contributed by atoms with Gasteiger partial charge in [0.15, 0.2) is 5.82 Å². The fraction of sp³-hybridized carbons (Fsp3) is 0.316. The predicted octanol–water partition coefficient (Wildman–Crippen LogP) is 4.01. The summed E-state index contributed by atoms with van der Waals surface area (Å²) in [5.41, 5.74) is 0.548. The van der Waals surface area contributed by atoms with Crippen LogP contribution in [0.2, 0.25) is 0 Å². The summed E-state index contributed by atoms with van der Waals surface area (Å²) in [6.07, 6.45) is 2.13. The summed E-state index contributed by atoms with van der Waals surface area (Å²) in [6, 6.07) is 9.99. The van der Waals surface area contributed by atoms with E-state index in [4.69, 9.17) is 0 Å². The second kappa shape index (κ2) is 6.99. The Morgan fingerprint density at radius 3 is 2.92 bits per heavy atom. The molecule has 0 N–H and O–H groups in total. The third kappa shape index (κ3) is 3.26. The highest BCUT2D eigenvalue weighted by Crippen LogP contribution is 2.26. The highest BCUT2D eigenvalue weighted by atomic mass is 32.1. The first-order chi connectivity index (χ1) is 12.6. The molecule has 1 saturated heterocycles. The van der Waals surface area contributed by atoms with Gasteiger partial charge in [-0.15, -0.1) is 16.4 Å². The van der Waals surface area contributed by atoms with E-state index in [2.05, 4.69) is 17.0 Å². The molecule has 7 heteroatoms. The molecule has 0 radical (unpaired) electrons. The number of aromatic nitrogens is 3. The molecule has 0 bridgehead atoms. The molecule has 0 aliphatic carbocycles. The molecule has 134 valence electrons. The molecule has 1 aromatic carbocycles. The molecule has 1 fully saturated rings. The van der Waals surface area contributed by atoms with Crippen molar-refractivity contribution < 1.29 is 9.18 Å². The third-order valence-electron chi connectivity index (χ3n) is 4.54. The van der Waals surface area contributed by atoms with Crippen LogP contribution < -0.4 is 0 Å². The molecule has 5 nitrogen and oxygen atoms in total. The molecule has 3 aromatic rings. The van der Waals surface area contributed by atoms with E-state index in [-0.39, 0.29) is 17.5 Å². The van der Waals surface area contributed by atoms with Crippen LogP contribution in [0.25, 0.3) is 16.4 Å². The highest BCUT2D eigenvalue weighted by Gasteiger charge is 2.27. The first-order valence-corrected chi connectivity index (χ1v) is 9.56. The highest BCUT2D eigenvalue weighted by molar-refractivity contribution is 7.13. The van der Waals surface area contributed by atoms with Gasteiger partial charge in [0.25, 0.3) is 5.91 Å². The van der Waals surface area contributed by atoms with Crippen molar-refractivity contribution >= 4 is 17.2 Å². The molecule has 1 aliphatic heterocycles. The first-order valence-electron chi connectivity index (χ1n) is 8.68. The number of carbonyl (C=O) groups is 1. The van der Waals surface area contributed by atoms with Crippen molar-refractivity contribution in [3.8, 4) is 16.4 Å². The van der Waals surface area contributed by atoms with Gasteiger partial charge in [0, 0.05) is 13.1 Å². The van der Waals surface area contributed by atoms with Crippen LogP contribution in [-0.2, 0) is 0 Å². The predicted molar refractivity (Wildman–Crippen MR) is 98.9 cm³/mol. The van der Waals surface area contributed by atoms with Crippen LogP contribution >= 0.6 is 11.3 Å². The van der Waals surface area contributed by atoms with Crippen molar-refractivity contribution in [2.24, 2.45) is 5.92 Å². The summed E-state index contributed by atoms with van der Waals surface area (Å²) >= 11 is 1.51. The Hall–Kier alpha value is -2.54. The van der Waals surface area contributed by atoms with Crippen molar-refractivity contribution in [1.82, 2.24) is 19.7 Å². The summed E-state index contributed by atoms with van der Waals surface area (Å²) in [4.78, 5) is 20.1. The average Bonchev–Trinajstić information content (AvgIpc) is 3.30. The maximum absolute atomic E-state index is 13.7. The van der Waals surface area contributed by atoms with Gasteiger partial charge < -0.3 is 4.90 Å². The van der Waals surface area contributed by atoms with Crippen LogP contribution in [0.15, 0.2) is 41.8 Å². The lowest BCUT2D eigenvalue weighted by Gasteiger charge is -2.29. The van der Waals surface area contributed by atoms with Gasteiger partial charge in [-0.05, 0) is 48.4 Å². The molecular weight excluding hydrogens is 351 g/mol. The second-order valence-electron chi connectivity index (χ2n) is 6.63. The fourth-order valence-electron chi connectivity index (χ4n) is 3.27. The minimum absolute atomic E-state index is 0.159. The number of likely N-dealkylation sites (tertiary alicyclic amines) is 1. The molecule has 4 rings (SSSR count). The van der Waals surface area contributed by atoms with Gasteiger partial charge in [-0.3, -0.25) is 4.79 Å². The lowest BCUT2D eigenvalue weighted by Crippen LogP contribution is -2.39. The largest absolute Gasteiger partial charge is 0.336 e. The maximum Gasteiger partial charge on any atom is 0.293 e. The van der Waals surface area contributed by atoms with Crippen LogP contribution in [-0.4, -0.2) is 38.7 Å². The van der Waals surface area contributed by atoms with Gasteiger partial charge in [-0.25, -0.2) is 14.1 Å². The molecular formula is C19H19FN4OS. The van der Waals surface area contributed by atoms with E-state index in [0.29, 0.717) is 17.4 Å². The number of hydrogen-bond donors (Lipinski definition) is 0. The van der Waals surface area contributed by atoms with Crippen molar-refractivity contribution in [1.29, 1.82) is 0 Å². The Balaban J connectivity index is 1.75. The molecule has 26 heavy (non-hydrogen) atoms. The monoisotopic (exact) mass is 370 g/mol. The number of rotatable bonds is 3. The maximum atomic E-state index is 13.7. The van der Waals surface area contributed by atoms with Crippen LogP contribution in [0.1, 0.15) is 30.4 Å². The number of carbonyl (C=O) groups excluding carboxylic acids is 1. The number of nitrogens with zero attached hydrogens (tertiary/aromatic N) is 4. The molecule has 0 saturated carbocycles. The fourth-order valence-corrected chi connectivity index (χ4v) is 3.97. The second-order valence-corrected chi connectivity index (χ2v) is 7.57. The van der Waals surface area contributed by atoms with E-state index in [1.807, 2.05) is 22.4 Å². The Morgan fingerprint density at radius 1 is 1.31 bits per heavy atom. The minimum Gasteiger partial charge on any atom is -0.336 e. The van der Waals surface area contributed by atoms with E-state index in [1.54, 1.807) is 16.8 Å². The number of benzene rings is 1. The minimum atomic E-state index is -0.354. The normalized spacial score (nSPS) is 17.5. The average molecular weight is 370 g/mol. The Kier molecular flexibility index (Phi) is 4.55. The molecule has 0 spiro atoms. The van der Waals surface area contributed by atoms with Crippen molar-refractivity contribution in [3.05, 3.63) is 53.4 Å². The van der Waals surface area contributed by atoms with Crippen molar-refractivity contribution in [2.45, 2.75) is 19.8 Å². The zero-order chi connectivity index (χ0) is 18.1. The summed E-state index contributed by atoms with van der Waals surface area (Å²) in [5, 5.41) is 6.37. The van der Waals surface area contributed by atoms with Crippen LogP contribution in [0.5, 0.6) is 0 Å². The van der Waals surface area contributed by atoms with E-state index < -0.39 is 0 Å². The van der Waals surface area contributed by atoms with Gasteiger partial charge in [0.05, 0.1) is 10.6 Å². The molecule has 2 aromatic heterocycles. The van der Waals surface area contributed by atoms with Gasteiger partial charge in [0.2, 0.25) is 5.82 Å². The van der Waals surface area contributed by atoms with Crippen LogP contribution in [0.3, 0.4) is 0 Å². The summed E-state index contributed by atoms with van der Waals surface area (Å²) in [7, 11) is 0. The third-order valence-corrected chi connectivity index (χ3v) is 5.40. The van der Waals surface area contributed by atoms with E-state index in [9.17, 15) is 9.18 Å². The van der Waals surface area contributed by atoms with Crippen molar-refractivity contribution in [3.63, 3.8) is 0 Å². The quantitative estimate of drug-likeness (QED) is 0.700. The van der Waals surface area contributed by atoms with E-state index in [1.165, 1.54) is 23.5 Å². The number of amides is 1. The standard InChI is InChI=1S/C19H19FN4OS/c1-13-5-3-9-23(12-13)19(25)17-21-18(16-8-4-10-26-16)24(22-17)15-7-2-6-14(20)11-15/h2,4,6-8,10-11,13H,3,5,9,12H2,1H3. The topological polar surface area (TPSA) is 51.0 Å². The lowest BCUT2D eigenvalue weighted by atomic mass is 10.0. The first kappa shape index (κ1) is 16.9. The number of thiophene rings is 1. The summed E-state index contributed by atoms with van der Waals surface area (Å²) in [5.74, 6) is 0.679. The zero-order valence-corrected chi connectivity index (χ0v) is 15.2. The van der Waals surface area contributed by atoms with Gasteiger partial charge in [-0.1, -0.05) is 19.1 Å². The van der Waals surface area contributed by atoms with E-state index >= 15 is 0 Å². The van der Waals surface area contributed by atoms with E-state index in [0.717, 1.165) is 30.8 Å².